The lowest BCUT2D eigenvalue weighted by molar-refractivity contribution is -0.0704. The molecule has 0 aliphatic carbocycles. The second kappa shape index (κ2) is 11.3. The number of halogens is 1. The van der Waals surface area contributed by atoms with Crippen LogP contribution in [0.3, 0.4) is 0 Å². The molecule has 6 nitrogen and oxygen atoms in total. The van der Waals surface area contributed by atoms with Crippen LogP contribution >= 0.6 is 11.6 Å². The molecule has 0 spiro atoms. The summed E-state index contributed by atoms with van der Waals surface area (Å²) in [6, 6.07) is 12.6. The Bertz CT molecular complexity index is 799. The number of nitrogens with zero attached hydrogens (tertiary/aromatic N) is 3. The molecule has 1 aromatic heterocycles. The fourth-order valence-corrected chi connectivity index (χ4v) is 3.83. The van der Waals surface area contributed by atoms with Crippen molar-refractivity contribution in [1.29, 1.82) is 0 Å². The minimum atomic E-state index is 0.299. The largest absolute Gasteiger partial charge is 0.373 e. The first kappa shape index (κ1) is 22.5. The average molecular weight is 430 g/mol. The van der Waals surface area contributed by atoms with Gasteiger partial charge in [-0.15, -0.1) is 0 Å². The van der Waals surface area contributed by atoms with Crippen LogP contribution in [0.4, 0.5) is 0 Å². The van der Waals surface area contributed by atoms with Crippen molar-refractivity contribution in [2.75, 3.05) is 26.7 Å². The molecule has 162 valence electrons. The van der Waals surface area contributed by atoms with E-state index in [4.69, 9.17) is 16.3 Å². The number of aromatic nitrogens is 1. The topological polar surface area (TPSA) is 61.8 Å². The molecule has 0 amide bonds. The molecule has 2 heterocycles. The number of hydrogen-bond acceptors (Lipinski definition) is 4. The first-order valence-electron chi connectivity index (χ1n) is 10.5. The molecule has 30 heavy (non-hydrogen) atoms. The number of pyridine rings is 1. The van der Waals surface area contributed by atoms with Crippen molar-refractivity contribution in [2.24, 2.45) is 4.99 Å². The Morgan fingerprint density at radius 1 is 1.07 bits per heavy atom. The van der Waals surface area contributed by atoms with Gasteiger partial charge in [-0.25, -0.2) is 4.98 Å². The number of guanidine groups is 1. The SMILES string of the molecule is CN=C(NCCc1ccc(Cl)nc1)NCc1ccc(CN2CC(C)OC(C)C2)cc1. The Morgan fingerprint density at radius 2 is 1.73 bits per heavy atom. The summed E-state index contributed by atoms with van der Waals surface area (Å²) < 4.78 is 5.82. The van der Waals surface area contributed by atoms with Crippen LogP contribution < -0.4 is 10.6 Å². The van der Waals surface area contributed by atoms with E-state index in [0.29, 0.717) is 17.4 Å². The first-order chi connectivity index (χ1) is 14.5. The average Bonchev–Trinajstić information content (AvgIpc) is 2.72. The zero-order chi connectivity index (χ0) is 21.3. The highest BCUT2D eigenvalue weighted by atomic mass is 35.5. The Labute approximate surface area is 184 Å². The fraction of sp³-hybridized carbons (Fsp3) is 0.478. The normalized spacial score (nSPS) is 20.2. The molecule has 1 aliphatic heterocycles. The molecular formula is C23H32ClN5O. The molecule has 1 aromatic carbocycles. The van der Waals surface area contributed by atoms with E-state index in [0.717, 1.165) is 50.7 Å². The predicted molar refractivity (Wildman–Crippen MR) is 123 cm³/mol. The van der Waals surface area contributed by atoms with Gasteiger partial charge < -0.3 is 15.4 Å². The summed E-state index contributed by atoms with van der Waals surface area (Å²) in [6.45, 7) is 8.74. The van der Waals surface area contributed by atoms with Gasteiger partial charge in [0.2, 0.25) is 0 Å². The standard InChI is InChI=1S/C23H32ClN5O/c1-17-14-29(15-18(2)30-17)16-21-6-4-19(5-7-21)13-28-23(25-3)26-11-10-20-8-9-22(24)27-12-20/h4-9,12,17-18H,10-11,13-16H2,1-3H3,(H2,25,26,28). The van der Waals surface area contributed by atoms with Crippen LogP contribution in [0.1, 0.15) is 30.5 Å². The molecule has 1 saturated heterocycles. The van der Waals surface area contributed by atoms with Gasteiger partial charge >= 0.3 is 0 Å². The smallest absolute Gasteiger partial charge is 0.191 e. The maximum Gasteiger partial charge on any atom is 0.191 e. The predicted octanol–water partition coefficient (Wildman–Crippen LogP) is 3.25. The van der Waals surface area contributed by atoms with E-state index in [-0.39, 0.29) is 0 Å². The fourth-order valence-electron chi connectivity index (χ4n) is 3.72. The Hall–Kier alpha value is -2.15. The molecule has 1 aliphatic rings. The van der Waals surface area contributed by atoms with Crippen molar-refractivity contribution in [2.45, 2.75) is 45.6 Å². The summed E-state index contributed by atoms with van der Waals surface area (Å²) in [5, 5.41) is 7.22. The van der Waals surface area contributed by atoms with Crippen LogP contribution in [-0.4, -0.2) is 54.7 Å². The van der Waals surface area contributed by atoms with E-state index < -0.39 is 0 Å². The zero-order valence-corrected chi connectivity index (χ0v) is 18.8. The second-order valence-corrected chi connectivity index (χ2v) is 8.25. The number of rotatable bonds is 7. The minimum Gasteiger partial charge on any atom is -0.373 e. The zero-order valence-electron chi connectivity index (χ0n) is 18.1. The Kier molecular flexibility index (Phi) is 8.49. The van der Waals surface area contributed by atoms with E-state index in [1.807, 2.05) is 12.1 Å². The van der Waals surface area contributed by atoms with E-state index in [1.54, 1.807) is 13.2 Å². The summed E-state index contributed by atoms with van der Waals surface area (Å²) in [6.07, 6.45) is 3.26. The molecule has 7 heteroatoms. The molecular weight excluding hydrogens is 398 g/mol. The summed E-state index contributed by atoms with van der Waals surface area (Å²) in [7, 11) is 1.78. The maximum absolute atomic E-state index is 5.82. The molecule has 2 aromatic rings. The van der Waals surface area contributed by atoms with Gasteiger partial charge in [0, 0.05) is 46.0 Å². The van der Waals surface area contributed by atoms with Crippen molar-refractivity contribution in [3.05, 3.63) is 64.4 Å². The van der Waals surface area contributed by atoms with Crippen molar-refractivity contribution in [3.63, 3.8) is 0 Å². The van der Waals surface area contributed by atoms with E-state index in [2.05, 4.69) is 63.6 Å². The lowest BCUT2D eigenvalue weighted by Gasteiger charge is -2.35. The summed E-state index contributed by atoms with van der Waals surface area (Å²) in [5.74, 6) is 0.789. The highest BCUT2D eigenvalue weighted by Crippen LogP contribution is 2.14. The molecule has 0 bridgehead atoms. The number of ether oxygens (including phenoxy) is 1. The summed E-state index contributed by atoms with van der Waals surface area (Å²) >= 11 is 5.82. The molecule has 0 radical (unpaired) electrons. The lowest BCUT2D eigenvalue weighted by Crippen LogP contribution is -2.44. The van der Waals surface area contributed by atoms with Crippen LogP contribution in [0.15, 0.2) is 47.6 Å². The Balaban J connectivity index is 1.41. The molecule has 2 N–H and O–H groups in total. The first-order valence-corrected chi connectivity index (χ1v) is 10.9. The molecule has 3 rings (SSSR count). The Morgan fingerprint density at radius 3 is 2.37 bits per heavy atom. The molecule has 2 unspecified atom stereocenters. The van der Waals surface area contributed by atoms with E-state index in [1.165, 1.54) is 11.1 Å². The third-order valence-corrected chi connectivity index (χ3v) is 5.33. The number of aliphatic imine (C=N–C) groups is 1. The van der Waals surface area contributed by atoms with Gasteiger partial charge in [-0.1, -0.05) is 41.9 Å². The molecule has 0 saturated carbocycles. The quantitative estimate of drug-likeness (QED) is 0.402. The maximum atomic E-state index is 5.82. The molecule has 1 fully saturated rings. The van der Waals surface area contributed by atoms with E-state index >= 15 is 0 Å². The highest BCUT2D eigenvalue weighted by Gasteiger charge is 2.21. The van der Waals surface area contributed by atoms with Crippen molar-refractivity contribution in [3.8, 4) is 0 Å². The van der Waals surface area contributed by atoms with Gasteiger partial charge in [-0.2, -0.15) is 0 Å². The van der Waals surface area contributed by atoms with Crippen LogP contribution in [0.5, 0.6) is 0 Å². The van der Waals surface area contributed by atoms with Gasteiger partial charge in [0.1, 0.15) is 5.15 Å². The van der Waals surface area contributed by atoms with Crippen LogP contribution in [-0.2, 0) is 24.2 Å². The summed E-state index contributed by atoms with van der Waals surface area (Å²) in [4.78, 5) is 10.9. The third-order valence-electron chi connectivity index (χ3n) is 5.10. The lowest BCUT2D eigenvalue weighted by atomic mass is 10.1. The van der Waals surface area contributed by atoms with Crippen LogP contribution in [0, 0.1) is 0 Å². The van der Waals surface area contributed by atoms with Gasteiger partial charge in [-0.05, 0) is 43.0 Å². The van der Waals surface area contributed by atoms with Crippen molar-refractivity contribution >= 4 is 17.6 Å². The van der Waals surface area contributed by atoms with Crippen molar-refractivity contribution < 1.29 is 4.74 Å². The third kappa shape index (κ3) is 7.27. The summed E-state index contributed by atoms with van der Waals surface area (Å²) in [5.41, 5.74) is 3.70. The monoisotopic (exact) mass is 429 g/mol. The van der Waals surface area contributed by atoms with Crippen LogP contribution in [0.2, 0.25) is 5.15 Å². The number of nitrogens with one attached hydrogen (secondary N) is 2. The van der Waals surface area contributed by atoms with Crippen molar-refractivity contribution in [1.82, 2.24) is 20.5 Å². The van der Waals surface area contributed by atoms with Gasteiger partial charge in [-0.3, -0.25) is 9.89 Å². The second-order valence-electron chi connectivity index (χ2n) is 7.86. The van der Waals surface area contributed by atoms with Gasteiger partial charge in [0.05, 0.1) is 12.2 Å². The highest BCUT2D eigenvalue weighted by molar-refractivity contribution is 6.29. The minimum absolute atomic E-state index is 0.299. The number of morpholine rings is 1. The van der Waals surface area contributed by atoms with Gasteiger partial charge in [0.15, 0.2) is 5.96 Å². The van der Waals surface area contributed by atoms with E-state index in [9.17, 15) is 0 Å². The number of benzene rings is 1. The molecule has 2 atom stereocenters. The number of hydrogen-bond donors (Lipinski definition) is 2. The van der Waals surface area contributed by atoms with Crippen LogP contribution in [0.25, 0.3) is 0 Å². The van der Waals surface area contributed by atoms with Gasteiger partial charge in [0.25, 0.3) is 0 Å².